The third-order valence-electron chi connectivity index (χ3n) is 3.15. The van der Waals surface area contributed by atoms with Crippen molar-refractivity contribution in [1.82, 2.24) is 0 Å². The van der Waals surface area contributed by atoms with E-state index in [4.69, 9.17) is 23.2 Å². The molecule has 4 heteroatoms. The smallest absolute Gasteiger partial charge is 0.211 e. The van der Waals surface area contributed by atoms with Crippen molar-refractivity contribution in [2.24, 2.45) is 4.99 Å². The second-order valence-electron chi connectivity index (χ2n) is 4.07. The van der Waals surface area contributed by atoms with E-state index in [1.807, 2.05) is 6.07 Å². The molecule has 0 heterocycles. The van der Waals surface area contributed by atoms with Gasteiger partial charge in [0.1, 0.15) is 0 Å². The highest BCUT2D eigenvalue weighted by Gasteiger charge is 2.35. The molecule has 0 saturated heterocycles. The highest BCUT2D eigenvalue weighted by atomic mass is 35.5. The highest BCUT2D eigenvalue weighted by Crippen LogP contribution is 2.43. The maximum Gasteiger partial charge on any atom is 0.235 e. The van der Waals surface area contributed by atoms with E-state index in [-0.39, 0.29) is 0 Å². The summed E-state index contributed by atoms with van der Waals surface area (Å²) in [5, 5.41) is 1.03. The van der Waals surface area contributed by atoms with E-state index in [0.29, 0.717) is 10.0 Å². The summed E-state index contributed by atoms with van der Waals surface area (Å²) < 4.78 is 0. The van der Waals surface area contributed by atoms with Crippen LogP contribution in [0.1, 0.15) is 31.2 Å². The first kappa shape index (κ1) is 11.7. The van der Waals surface area contributed by atoms with Gasteiger partial charge in [0.2, 0.25) is 6.08 Å². The molecule has 1 aliphatic rings. The maximum atomic E-state index is 10.5. The lowest BCUT2D eigenvalue weighted by Gasteiger charge is -2.23. The van der Waals surface area contributed by atoms with Gasteiger partial charge >= 0.3 is 0 Å². The lowest BCUT2D eigenvalue weighted by Crippen LogP contribution is -2.18. The number of hydrogen-bond donors (Lipinski definition) is 0. The van der Waals surface area contributed by atoms with E-state index in [0.717, 1.165) is 31.2 Å². The van der Waals surface area contributed by atoms with Crippen LogP contribution in [0.5, 0.6) is 0 Å². The quantitative estimate of drug-likeness (QED) is 0.578. The number of nitrogens with zero attached hydrogens (tertiary/aromatic N) is 1. The third-order valence-corrected chi connectivity index (χ3v) is 3.89. The molecule has 2 rings (SSSR count). The van der Waals surface area contributed by atoms with Gasteiger partial charge in [-0.15, -0.1) is 0 Å². The Morgan fingerprint density at radius 3 is 2.44 bits per heavy atom. The minimum Gasteiger partial charge on any atom is -0.211 e. The van der Waals surface area contributed by atoms with Crippen LogP contribution in [0.3, 0.4) is 0 Å². The van der Waals surface area contributed by atoms with Gasteiger partial charge in [-0.3, -0.25) is 0 Å². The van der Waals surface area contributed by atoms with Gasteiger partial charge < -0.3 is 0 Å². The number of aliphatic imine (C=N–C) groups is 1. The van der Waals surface area contributed by atoms with Crippen molar-refractivity contribution in [2.45, 2.75) is 31.2 Å². The van der Waals surface area contributed by atoms with Gasteiger partial charge in [-0.2, -0.15) is 4.99 Å². The molecule has 0 radical (unpaired) electrons. The Hall–Kier alpha value is -0.820. The molecule has 1 aromatic carbocycles. The van der Waals surface area contributed by atoms with Gasteiger partial charge in [-0.25, -0.2) is 4.79 Å². The van der Waals surface area contributed by atoms with Crippen LogP contribution in [-0.2, 0) is 10.3 Å². The first-order valence-electron chi connectivity index (χ1n) is 5.22. The number of halogens is 2. The number of rotatable bonds is 2. The minimum absolute atomic E-state index is 0.421. The molecular formula is C12H11Cl2NO. The molecule has 1 fully saturated rings. The van der Waals surface area contributed by atoms with Crippen molar-refractivity contribution in [3.05, 3.63) is 33.8 Å². The zero-order valence-electron chi connectivity index (χ0n) is 8.67. The molecule has 0 bridgehead atoms. The van der Waals surface area contributed by atoms with Crippen LogP contribution in [0.15, 0.2) is 23.2 Å². The fourth-order valence-corrected chi connectivity index (χ4v) is 2.60. The molecule has 0 atom stereocenters. The molecule has 1 aliphatic carbocycles. The third kappa shape index (κ3) is 2.01. The summed E-state index contributed by atoms with van der Waals surface area (Å²) in [6.07, 6.45) is 5.58. The van der Waals surface area contributed by atoms with Gasteiger partial charge in [0.05, 0.1) is 15.6 Å². The SMILES string of the molecule is O=C=NC1(c2ccc(Cl)c(Cl)c2)CCCC1. The Labute approximate surface area is 104 Å². The molecule has 0 aromatic heterocycles. The Bertz CT molecular complexity index is 446. The van der Waals surface area contributed by atoms with E-state index in [9.17, 15) is 4.79 Å². The summed E-state index contributed by atoms with van der Waals surface area (Å²) in [6.45, 7) is 0. The molecule has 0 spiro atoms. The van der Waals surface area contributed by atoms with Crippen molar-refractivity contribution < 1.29 is 4.79 Å². The van der Waals surface area contributed by atoms with Crippen LogP contribution >= 0.6 is 23.2 Å². The summed E-state index contributed by atoms with van der Waals surface area (Å²) in [5.74, 6) is 0. The minimum atomic E-state index is -0.421. The fraction of sp³-hybridized carbons (Fsp3) is 0.417. The molecule has 2 nitrogen and oxygen atoms in total. The summed E-state index contributed by atoms with van der Waals surface area (Å²) in [7, 11) is 0. The van der Waals surface area contributed by atoms with E-state index >= 15 is 0 Å². The van der Waals surface area contributed by atoms with Crippen molar-refractivity contribution in [3.63, 3.8) is 0 Å². The van der Waals surface area contributed by atoms with Crippen molar-refractivity contribution in [1.29, 1.82) is 0 Å². The molecule has 0 N–H and O–H groups in total. The van der Waals surface area contributed by atoms with Crippen molar-refractivity contribution in [3.8, 4) is 0 Å². The van der Waals surface area contributed by atoms with E-state index in [2.05, 4.69) is 4.99 Å². The van der Waals surface area contributed by atoms with Crippen LogP contribution in [0.4, 0.5) is 0 Å². The summed E-state index contributed by atoms with van der Waals surface area (Å²) in [4.78, 5) is 14.5. The highest BCUT2D eigenvalue weighted by molar-refractivity contribution is 6.42. The van der Waals surface area contributed by atoms with Crippen LogP contribution in [0.2, 0.25) is 10.0 Å². The molecule has 1 saturated carbocycles. The number of hydrogen-bond acceptors (Lipinski definition) is 2. The van der Waals surface area contributed by atoms with Crippen LogP contribution < -0.4 is 0 Å². The normalized spacial score (nSPS) is 18.1. The fourth-order valence-electron chi connectivity index (χ4n) is 2.30. The predicted molar refractivity (Wildman–Crippen MR) is 64.7 cm³/mol. The van der Waals surface area contributed by atoms with Crippen LogP contribution in [-0.4, -0.2) is 6.08 Å². The lowest BCUT2D eigenvalue weighted by molar-refractivity contribution is 0.456. The summed E-state index contributed by atoms with van der Waals surface area (Å²) >= 11 is 11.9. The molecule has 1 aromatic rings. The molecule has 0 amide bonds. The van der Waals surface area contributed by atoms with Gasteiger partial charge in [-0.1, -0.05) is 42.1 Å². The Kier molecular flexibility index (Phi) is 3.34. The van der Waals surface area contributed by atoms with Gasteiger partial charge in [0.25, 0.3) is 0 Å². The molecule has 84 valence electrons. The van der Waals surface area contributed by atoms with E-state index < -0.39 is 5.54 Å². The standard InChI is InChI=1S/C12H11Cl2NO/c13-10-4-3-9(7-11(10)14)12(15-8-16)5-1-2-6-12/h3-4,7H,1-2,5-6H2. The largest absolute Gasteiger partial charge is 0.235 e. The Morgan fingerprint density at radius 1 is 1.19 bits per heavy atom. The molecule has 0 unspecified atom stereocenters. The molecule has 0 aliphatic heterocycles. The first-order chi connectivity index (χ1) is 7.68. The topological polar surface area (TPSA) is 29.4 Å². The predicted octanol–water partition coefficient (Wildman–Crippen LogP) is 4.10. The van der Waals surface area contributed by atoms with Gasteiger partial charge in [0, 0.05) is 0 Å². The van der Waals surface area contributed by atoms with E-state index in [1.54, 1.807) is 18.2 Å². The van der Waals surface area contributed by atoms with Gasteiger partial charge in [-0.05, 0) is 30.5 Å². The van der Waals surface area contributed by atoms with Gasteiger partial charge in [0.15, 0.2) is 0 Å². The van der Waals surface area contributed by atoms with Crippen LogP contribution in [0, 0.1) is 0 Å². The average molecular weight is 256 g/mol. The van der Waals surface area contributed by atoms with Crippen LogP contribution in [0.25, 0.3) is 0 Å². The second kappa shape index (κ2) is 4.58. The molecular weight excluding hydrogens is 245 g/mol. The van der Waals surface area contributed by atoms with Crippen molar-refractivity contribution in [2.75, 3.05) is 0 Å². The second-order valence-corrected chi connectivity index (χ2v) is 4.89. The number of benzene rings is 1. The average Bonchev–Trinajstić information content (AvgIpc) is 2.72. The summed E-state index contributed by atoms with van der Waals surface area (Å²) in [6, 6.07) is 5.44. The Balaban J connectivity index is 2.47. The zero-order chi connectivity index (χ0) is 11.6. The lowest BCUT2D eigenvalue weighted by atomic mass is 9.89. The molecule has 16 heavy (non-hydrogen) atoms. The zero-order valence-corrected chi connectivity index (χ0v) is 10.2. The van der Waals surface area contributed by atoms with Crippen molar-refractivity contribution >= 4 is 29.3 Å². The maximum absolute atomic E-state index is 10.5. The van der Waals surface area contributed by atoms with E-state index in [1.165, 1.54) is 0 Å². The summed E-state index contributed by atoms with van der Waals surface area (Å²) in [5.41, 5.74) is 0.540. The number of isocyanates is 1. The number of carbonyl (C=O) groups excluding carboxylic acids is 1. The Morgan fingerprint density at radius 2 is 1.88 bits per heavy atom. The monoisotopic (exact) mass is 255 g/mol. The first-order valence-corrected chi connectivity index (χ1v) is 5.98.